The van der Waals surface area contributed by atoms with Crippen LogP contribution in [0.25, 0.3) is 15.5 Å². The van der Waals surface area contributed by atoms with Gasteiger partial charge in [-0.1, -0.05) is 17.4 Å². The Balaban J connectivity index is 1.57. The molecule has 0 saturated carbocycles. The molecule has 30 heavy (non-hydrogen) atoms. The van der Waals surface area contributed by atoms with Crippen molar-refractivity contribution in [3.05, 3.63) is 53.9 Å². The van der Waals surface area contributed by atoms with Crippen molar-refractivity contribution in [2.75, 3.05) is 6.61 Å². The van der Waals surface area contributed by atoms with E-state index in [0.29, 0.717) is 38.7 Å². The summed E-state index contributed by atoms with van der Waals surface area (Å²) in [6.07, 6.45) is -3.13. The van der Waals surface area contributed by atoms with Crippen LogP contribution in [0.5, 0.6) is 11.5 Å². The third-order valence-electron chi connectivity index (χ3n) is 4.04. The van der Waals surface area contributed by atoms with Crippen molar-refractivity contribution in [1.29, 1.82) is 0 Å². The van der Waals surface area contributed by atoms with Gasteiger partial charge >= 0.3 is 6.18 Å². The van der Waals surface area contributed by atoms with E-state index in [4.69, 9.17) is 4.74 Å². The highest BCUT2D eigenvalue weighted by molar-refractivity contribution is 7.19. The van der Waals surface area contributed by atoms with Crippen molar-refractivity contribution in [1.82, 2.24) is 19.8 Å². The number of phenolic OH excluding ortho intramolecular Hbond substituents is 1. The van der Waals surface area contributed by atoms with Crippen LogP contribution in [0.1, 0.15) is 18.3 Å². The van der Waals surface area contributed by atoms with Gasteiger partial charge in [-0.25, -0.2) is 0 Å². The van der Waals surface area contributed by atoms with Gasteiger partial charge in [-0.05, 0) is 43.3 Å². The van der Waals surface area contributed by atoms with Gasteiger partial charge in [-0.15, -0.1) is 10.2 Å². The van der Waals surface area contributed by atoms with Gasteiger partial charge in [0.2, 0.25) is 4.96 Å². The number of aliphatic imine (C=N–C) groups is 1. The lowest BCUT2D eigenvalue weighted by Gasteiger charge is -2.07. The predicted molar refractivity (Wildman–Crippen MR) is 106 cm³/mol. The summed E-state index contributed by atoms with van der Waals surface area (Å²) in [5, 5.41) is 21.2. The number of alkyl halides is 3. The fraction of sp³-hybridized carbons (Fsp3) is 0.158. The number of halogens is 3. The number of fused-ring (bicyclic) bond motifs is 1. The van der Waals surface area contributed by atoms with Crippen molar-refractivity contribution in [2.24, 2.45) is 4.99 Å². The van der Waals surface area contributed by atoms with Crippen LogP contribution in [0.4, 0.5) is 18.9 Å². The summed E-state index contributed by atoms with van der Waals surface area (Å²) in [7, 11) is 0. The number of benzene rings is 2. The second-order valence-corrected chi connectivity index (χ2v) is 7.01. The number of rotatable bonds is 5. The molecule has 2 aromatic carbocycles. The molecule has 0 amide bonds. The normalized spacial score (nSPS) is 12.1. The summed E-state index contributed by atoms with van der Waals surface area (Å²) < 4.78 is 44.8. The minimum Gasteiger partial charge on any atom is -0.504 e. The zero-order valence-electron chi connectivity index (χ0n) is 15.5. The Labute approximate surface area is 172 Å². The highest BCUT2D eigenvalue weighted by Crippen LogP contribution is 2.32. The molecule has 0 aliphatic carbocycles. The molecule has 154 valence electrons. The highest BCUT2D eigenvalue weighted by Gasteiger charge is 2.38. The van der Waals surface area contributed by atoms with E-state index in [1.165, 1.54) is 6.21 Å². The predicted octanol–water partition coefficient (Wildman–Crippen LogP) is 4.73. The molecule has 11 heteroatoms. The Kier molecular flexibility index (Phi) is 5.12. The number of ether oxygens (including phenoxy) is 1. The summed E-state index contributed by atoms with van der Waals surface area (Å²) in [5.41, 5.74) is 1.72. The fourth-order valence-electron chi connectivity index (χ4n) is 2.66. The molecule has 0 fully saturated rings. The number of phenols is 1. The summed E-state index contributed by atoms with van der Waals surface area (Å²) >= 11 is 1.00. The molecule has 2 heterocycles. The monoisotopic (exact) mass is 433 g/mol. The van der Waals surface area contributed by atoms with Crippen LogP contribution >= 0.6 is 11.3 Å². The molecule has 0 radical (unpaired) electrons. The molecule has 2 aromatic heterocycles. The van der Waals surface area contributed by atoms with Crippen LogP contribution in [0.3, 0.4) is 0 Å². The van der Waals surface area contributed by atoms with E-state index < -0.39 is 12.0 Å². The second-order valence-electron chi connectivity index (χ2n) is 6.06. The molecule has 0 bridgehead atoms. The highest BCUT2D eigenvalue weighted by atomic mass is 32.1. The lowest BCUT2D eigenvalue weighted by Crippen LogP contribution is -2.11. The number of aromatic hydroxyl groups is 1. The molecule has 0 saturated heterocycles. The van der Waals surface area contributed by atoms with Crippen LogP contribution < -0.4 is 4.74 Å². The first kappa shape index (κ1) is 19.8. The Bertz CT molecular complexity index is 1220. The largest absolute Gasteiger partial charge is 0.504 e. The summed E-state index contributed by atoms with van der Waals surface area (Å²) in [6, 6.07) is 11.9. The summed E-state index contributed by atoms with van der Waals surface area (Å²) in [4.78, 5) is 4.38. The van der Waals surface area contributed by atoms with Crippen molar-refractivity contribution in [3.8, 4) is 22.1 Å². The van der Waals surface area contributed by atoms with E-state index in [0.717, 1.165) is 11.3 Å². The maximum atomic E-state index is 12.9. The van der Waals surface area contributed by atoms with Gasteiger partial charge in [0, 0.05) is 17.3 Å². The topological polar surface area (TPSA) is 84.9 Å². The zero-order valence-corrected chi connectivity index (χ0v) is 16.3. The second kappa shape index (κ2) is 7.75. The van der Waals surface area contributed by atoms with E-state index in [2.05, 4.69) is 20.3 Å². The first-order valence-corrected chi connectivity index (χ1v) is 9.57. The lowest BCUT2D eigenvalue weighted by molar-refractivity contribution is -0.146. The molecule has 7 nitrogen and oxygen atoms in total. The summed E-state index contributed by atoms with van der Waals surface area (Å²) in [6.45, 7) is 2.25. The maximum absolute atomic E-state index is 12.9. The fourth-order valence-corrected chi connectivity index (χ4v) is 3.50. The van der Waals surface area contributed by atoms with Crippen LogP contribution in [0.15, 0.2) is 47.5 Å². The maximum Gasteiger partial charge on any atom is 0.453 e. The first-order valence-electron chi connectivity index (χ1n) is 8.75. The average Bonchev–Trinajstić information content (AvgIpc) is 3.29. The quantitative estimate of drug-likeness (QED) is 0.460. The third kappa shape index (κ3) is 3.83. The van der Waals surface area contributed by atoms with Gasteiger partial charge in [0.15, 0.2) is 11.5 Å². The molecule has 0 unspecified atom stereocenters. The van der Waals surface area contributed by atoms with Gasteiger partial charge in [-0.3, -0.25) is 4.99 Å². The molecule has 0 aliphatic rings. The smallest absolute Gasteiger partial charge is 0.453 e. The van der Waals surface area contributed by atoms with Crippen molar-refractivity contribution in [3.63, 3.8) is 0 Å². The third-order valence-corrected chi connectivity index (χ3v) is 4.99. The van der Waals surface area contributed by atoms with E-state index in [9.17, 15) is 18.3 Å². The minimum absolute atomic E-state index is 0.0000657. The van der Waals surface area contributed by atoms with E-state index >= 15 is 0 Å². The lowest BCUT2D eigenvalue weighted by atomic mass is 10.2. The van der Waals surface area contributed by atoms with Crippen molar-refractivity contribution < 1.29 is 23.0 Å². The molecule has 0 atom stereocenters. The number of hydrogen-bond donors (Lipinski definition) is 1. The first-order chi connectivity index (χ1) is 14.4. The number of para-hydroxylation sites is 1. The van der Waals surface area contributed by atoms with E-state index in [1.807, 2.05) is 6.92 Å². The zero-order chi connectivity index (χ0) is 21.3. The average molecular weight is 433 g/mol. The Morgan fingerprint density at radius 3 is 2.63 bits per heavy atom. The van der Waals surface area contributed by atoms with Crippen LogP contribution in [0, 0.1) is 0 Å². The van der Waals surface area contributed by atoms with Gasteiger partial charge in [0.05, 0.1) is 12.3 Å². The Morgan fingerprint density at radius 1 is 1.17 bits per heavy atom. The molecule has 0 spiro atoms. The number of nitrogens with zero attached hydrogens (tertiary/aromatic N) is 5. The van der Waals surface area contributed by atoms with Gasteiger partial charge in [0.1, 0.15) is 5.01 Å². The van der Waals surface area contributed by atoms with E-state index in [-0.39, 0.29) is 10.7 Å². The van der Waals surface area contributed by atoms with Crippen LogP contribution in [-0.2, 0) is 6.18 Å². The van der Waals surface area contributed by atoms with Crippen molar-refractivity contribution in [2.45, 2.75) is 13.1 Å². The Hall–Kier alpha value is -3.47. The van der Waals surface area contributed by atoms with Gasteiger partial charge in [-0.2, -0.15) is 22.8 Å². The standard InChI is InChI=1S/C19H14F3N5O2S/c1-2-29-14-5-3-4-12(15(14)28)10-23-13-8-6-11(7-9-13)16-26-27-17(19(20,21)22)24-25-18(27)30-16/h3-10,28H,2H2,1H3. The van der Waals surface area contributed by atoms with Gasteiger partial charge < -0.3 is 9.84 Å². The van der Waals surface area contributed by atoms with Crippen molar-refractivity contribution >= 4 is 28.2 Å². The van der Waals surface area contributed by atoms with Gasteiger partial charge in [0.25, 0.3) is 5.82 Å². The SMILES string of the molecule is CCOc1cccc(C=Nc2ccc(-c3nn4c(C(F)(F)F)nnc4s3)cc2)c1O. The van der Waals surface area contributed by atoms with E-state index in [1.54, 1.807) is 42.5 Å². The molecular weight excluding hydrogens is 419 g/mol. The Morgan fingerprint density at radius 2 is 1.93 bits per heavy atom. The summed E-state index contributed by atoms with van der Waals surface area (Å²) in [5.74, 6) is -0.784. The molecule has 4 rings (SSSR count). The van der Waals surface area contributed by atoms with Crippen LogP contribution in [0.2, 0.25) is 0 Å². The molecule has 0 aliphatic heterocycles. The minimum atomic E-state index is -4.63. The number of hydrogen-bond acceptors (Lipinski definition) is 7. The molecular formula is C19H14F3N5O2S. The molecule has 4 aromatic rings. The number of aromatic nitrogens is 4. The van der Waals surface area contributed by atoms with Crippen LogP contribution in [-0.4, -0.2) is 37.7 Å². The molecule has 1 N–H and O–H groups in total.